The first-order valence-electron chi connectivity index (χ1n) is 9.49. The van der Waals surface area contributed by atoms with Gasteiger partial charge < -0.3 is 4.90 Å². The number of hydrogen-bond donors (Lipinski definition) is 0. The molecular formula is C24H35N. The summed E-state index contributed by atoms with van der Waals surface area (Å²) in [7, 11) is 4.19. The molecule has 2 atom stereocenters. The Morgan fingerprint density at radius 3 is 1.40 bits per heavy atom. The molecule has 0 heterocycles. The molecule has 2 aromatic carbocycles. The third-order valence-corrected chi connectivity index (χ3v) is 6.75. The van der Waals surface area contributed by atoms with Crippen molar-refractivity contribution >= 4 is 5.69 Å². The maximum atomic E-state index is 2.45. The van der Waals surface area contributed by atoms with Crippen molar-refractivity contribution in [2.75, 3.05) is 19.0 Å². The van der Waals surface area contributed by atoms with Crippen LogP contribution in [0.15, 0.2) is 54.6 Å². The molecule has 0 saturated carbocycles. The molecule has 1 nitrogen and oxygen atoms in total. The lowest BCUT2D eigenvalue weighted by molar-refractivity contribution is 0.131. The molecule has 0 bridgehead atoms. The van der Waals surface area contributed by atoms with E-state index in [1.807, 2.05) is 0 Å². The Morgan fingerprint density at radius 2 is 1.04 bits per heavy atom. The van der Waals surface area contributed by atoms with E-state index in [1.54, 1.807) is 0 Å². The fourth-order valence-electron chi connectivity index (χ4n) is 4.36. The van der Waals surface area contributed by atoms with Crippen molar-refractivity contribution < 1.29 is 0 Å². The second-order valence-corrected chi connectivity index (χ2v) is 8.52. The van der Waals surface area contributed by atoms with Gasteiger partial charge in [0.2, 0.25) is 0 Å². The second kappa shape index (κ2) is 7.23. The van der Waals surface area contributed by atoms with Gasteiger partial charge in [0.15, 0.2) is 0 Å². The molecule has 0 saturated heterocycles. The molecular weight excluding hydrogens is 302 g/mol. The zero-order chi connectivity index (χ0) is 18.8. The van der Waals surface area contributed by atoms with Crippen molar-refractivity contribution in [3.8, 4) is 0 Å². The highest BCUT2D eigenvalue weighted by atomic mass is 15.1. The van der Waals surface area contributed by atoms with Crippen LogP contribution in [0.5, 0.6) is 0 Å². The molecule has 0 N–H and O–H groups in total. The molecule has 0 unspecified atom stereocenters. The Bertz CT molecular complexity index is 669. The van der Waals surface area contributed by atoms with E-state index in [-0.39, 0.29) is 10.8 Å². The Kier molecular flexibility index (Phi) is 5.66. The van der Waals surface area contributed by atoms with E-state index >= 15 is 0 Å². The quantitative estimate of drug-likeness (QED) is 0.599. The van der Waals surface area contributed by atoms with Crippen LogP contribution >= 0.6 is 0 Å². The van der Waals surface area contributed by atoms with Gasteiger partial charge in [0.1, 0.15) is 0 Å². The summed E-state index contributed by atoms with van der Waals surface area (Å²) in [5, 5.41) is 0. The van der Waals surface area contributed by atoms with E-state index in [2.05, 4.69) is 115 Å². The zero-order valence-electron chi connectivity index (χ0n) is 17.3. The largest absolute Gasteiger partial charge is 0.378 e. The van der Waals surface area contributed by atoms with Crippen LogP contribution in [0, 0.1) is 11.8 Å². The average molecular weight is 338 g/mol. The van der Waals surface area contributed by atoms with Crippen LogP contribution in [0.4, 0.5) is 5.69 Å². The first kappa shape index (κ1) is 19.6. The van der Waals surface area contributed by atoms with Gasteiger partial charge in [0, 0.05) is 30.6 Å². The molecule has 1 heteroatoms. The van der Waals surface area contributed by atoms with E-state index in [9.17, 15) is 0 Å². The Labute approximate surface area is 155 Å². The van der Waals surface area contributed by atoms with Crippen LogP contribution in [0.3, 0.4) is 0 Å². The summed E-state index contributed by atoms with van der Waals surface area (Å²) in [6, 6.07) is 20.2. The third kappa shape index (κ3) is 3.21. The Morgan fingerprint density at radius 1 is 0.640 bits per heavy atom. The van der Waals surface area contributed by atoms with Crippen molar-refractivity contribution in [1.82, 2.24) is 0 Å². The maximum absolute atomic E-state index is 2.45. The summed E-state index contributed by atoms with van der Waals surface area (Å²) in [5.74, 6) is 1.04. The van der Waals surface area contributed by atoms with Crippen LogP contribution in [0.25, 0.3) is 0 Å². The molecule has 0 amide bonds. The van der Waals surface area contributed by atoms with Crippen molar-refractivity contribution in [2.45, 2.75) is 52.4 Å². The molecule has 0 radical (unpaired) electrons. The lowest BCUT2D eigenvalue weighted by Gasteiger charge is -2.53. The lowest BCUT2D eigenvalue weighted by atomic mass is 9.50. The minimum atomic E-state index is 0.0351. The number of rotatable bonds is 6. The highest BCUT2D eigenvalue weighted by molar-refractivity contribution is 5.49. The molecule has 0 aliphatic heterocycles. The minimum Gasteiger partial charge on any atom is -0.378 e. The van der Waals surface area contributed by atoms with E-state index in [1.165, 1.54) is 16.8 Å². The highest BCUT2D eigenvalue weighted by Gasteiger charge is 2.50. The van der Waals surface area contributed by atoms with Crippen LogP contribution in [-0.2, 0) is 10.8 Å². The molecule has 0 aliphatic rings. The summed E-state index contributed by atoms with van der Waals surface area (Å²) in [6.07, 6.45) is 0. The van der Waals surface area contributed by atoms with Gasteiger partial charge in [-0.3, -0.25) is 0 Å². The first-order valence-corrected chi connectivity index (χ1v) is 9.49. The molecule has 0 spiro atoms. The van der Waals surface area contributed by atoms with Crippen LogP contribution in [-0.4, -0.2) is 14.1 Å². The fourth-order valence-corrected chi connectivity index (χ4v) is 4.36. The smallest absolute Gasteiger partial charge is 0.0361 e. The van der Waals surface area contributed by atoms with E-state index in [0.29, 0.717) is 11.8 Å². The predicted octanol–water partition coefficient (Wildman–Crippen LogP) is 6.28. The predicted molar refractivity (Wildman–Crippen MR) is 112 cm³/mol. The summed E-state index contributed by atoms with van der Waals surface area (Å²) in [5.41, 5.74) is 4.18. The first-order chi connectivity index (χ1) is 11.7. The fraction of sp³-hybridized carbons (Fsp3) is 0.500. The number of anilines is 1. The topological polar surface area (TPSA) is 3.24 Å². The van der Waals surface area contributed by atoms with Crippen molar-refractivity contribution in [2.24, 2.45) is 11.8 Å². The van der Waals surface area contributed by atoms with Crippen LogP contribution in [0.2, 0.25) is 0 Å². The van der Waals surface area contributed by atoms with Gasteiger partial charge in [-0.25, -0.2) is 0 Å². The normalized spacial score (nSPS) is 16.6. The Balaban J connectivity index is 2.67. The van der Waals surface area contributed by atoms with Gasteiger partial charge in [0.05, 0.1) is 0 Å². The van der Waals surface area contributed by atoms with Gasteiger partial charge in [-0.2, -0.15) is 0 Å². The average Bonchev–Trinajstić information content (AvgIpc) is 2.60. The highest BCUT2D eigenvalue weighted by Crippen LogP contribution is 2.53. The summed E-state index contributed by atoms with van der Waals surface area (Å²) in [4.78, 5) is 2.16. The Hall–Kier alpha value is -1.76. The summed E-state index contributed by atoms with van der Waals surface area (Å²) >= 11 is 0. The van der Waals surface area contributed by atoms with Crippen molar-refractivity contribution in [3.05, 3.63) is 65.7 Å². The van der Waals surface area contributed by atoms with Crippen LogP contribution in [0.1, 0.15) is 52.7 Å². The lowest BCUT2D eigenvalue weighted by Crippen LogP contribution is -2.52. The molecule has 0 fully saturated rings. The van der Waals surface area contributed by atoms with Gasteiger partial charge in [-0.1, -0.05) is 84.0 Å². The minimum absolute atomic E-state index is 0.0351. The van der Waals surface area contributed by atoms with E-state index < -0.39 is 0 Å². The van der Waals surface area contributed by atoms with Crippen LogP contribution < -0.4 is 4.90 Å². The molecule has 0 aromatic heterocycles. The molecule has 2 rings (SSSR count). The number of benzene rings is 2. The molecule has 0 aliphatic carbocycles. The van der Waals surface area contributed by atoms with Crippen molar-refractivity contribution in [3.63, 3.8) is 0 Å². The van der Waals surface area contributed by atoms with Crippen molar-refractivity contribution in [1.29, 1.82) is 0 Å². The van der Waals surface area contributed by atoms with Gasteiger partial charge in [0.25, 0.3) is 0 Å². The SMILES string of the molecule is CC(C)[C@](C)(c1ccccc1)[C@@](C)(c1ccc(N(C)C)cc1)C(C)C. The van der Waals surface area contributed by atoms with Gasteiger partial charge in [-0.15, -0.1) is 0 Å². The summed E-state index contributed by atoms with van der Waals surface area (Å²) < 4.78 is 0. The third-order valence-electron chi connectivity index (χ3n) is 6.75. The monoisotopic (exact) mass is 337 g/mol. The number of hydrogen-bond acceptors (Lipinski definition) is 1. The van der Waals surface area contributed by atoms with E-state index in [4.69, 9.17) is 0 Å². The molecule has 25 heavy (non-hydrogen) atoms. The summed E-state index contributed by atoms with van der Waals surface area (Å²) in [6.45, 7) is 14.4. The standard InChI is InChI=1S/C24H35N/c1-18(2)23(5,20-12-10-9-11-13-20)24(6,19(3)4)21-14-16-22(17-15-21)25(7)8/h9-19H,1-8H3/t23-,24-/m1/s1. The molecule has 136 valence electrons. The zero-order valence-corrected chi connectivity index (χ0v) is 17.3. The maximum Gasteiger partial charge on any atom is 0.0361 e. The van der Waals surface area contributed by atoms with Gasteiger partial charge in [-0.05, 0) is 35.1 Å². The second-order valence-electron chi connectivity index (χ2n) is 8.52. The van der Waals surface area contributed by atoms with Gasteiger partial charge >= 0.3 is 0 Å². The number of nitrogens with zero attached hydrogens (tertiary/aromatic N) is 1. The van der Waals surface area contributed by atoms with E-state index in [0.717, 1.165) is 0 Å². The molecule has 2 aromatic rings.